The summed E-state index contributed by atoms with van der Waals surface area (Å²) >= 11 is 0. The first-order valence-electron chi connectivity index (χ1n) is 7.78. The molecule has 27 heavy (non-hydrogen) atoms. The summed E-state index contributed by atoms with van der Waals surface area (Å²) in [6.45, 7) is 0. The van der Waals surface area contributed by atoms with Gasteiger partial charge < -0.3 is 18.9 Å². The molecule has 9 heteroatoms. The smallest absolute Gasteiger partial charge is 0.296 e. The van der Waals surface area contributed by atoms with E-state index in [0.717, 1.165) is 11.1 Å². The second kappa shape index (κ2) is 8.65. The molecule has 0 atom stereocenters. The average molecular weight is 394 g/mol. The Morgan fingerprint density at radius 3 is 1.85 bits per heavy atom. The van der Waals surface area contributed by atoms with Crippen molar-refractivity contribution in [3.05, 3.63) is 41.5 Å². The first-order chi connectivity index (χ1) is 12.8. The number of hydrogen-bond donors (Lipinski definition) is 2. The van der Waals surface area contributed by atoms with E-state index in [1.807, 2.05) is 6.08 Å². The summed E-state index contributed by atoms with van der Waals surface area (Å²) in [4.78, 5) is 0. The molecule has 8 nitrogen and oxygen atoms in total. The molecule has 0 amide bonds. The van der Waals surface area contributed by atoms with Gasteiger partial charge in [-0.3, -0.25) is 4.72 Å². The molecule has 0 aliphatic heterocycles. The molecule has 0 unspecified atom stereocenters. The van der Waals surface area contributed by atoms with Crippen molar-refractivity contribution in [2.24, 2.45) is 5.14 Å². The zero-order valence-corrected chi connectivity index (χ0v) is 16.3. The molecule has 0 spiro atoms. The predicted molar refractivity (Wildman–Crippen MR) is 105 cm³/mol. The molecule has 146 valence electrons. The standard InChI is InChI=1S/C18H22N2O6S/c1-23-15-8-7-12(9-14(15)20-27(19,21)22)5-6-13-10-16(24-2)18(26-4)17(11-13)25-3/h5-11,20H,1-4H3,(H2,19,21,22)/b6-5+. The van der Waals surface area contributed by atoms with E-state index in [1.54, 1.807) is 50.6 Å². The third-order valence-electron chi connectivity index (χ3n) is 3.63. The molecule has 0 radical (unpaired) electrons. The molecule has 0 saturated carbocycles. The summed E-state index contributed by atoms with van der Waals surface area (Å²) in [5, 5.41) is 5.05. The minimum absolute atomic E-state index is 0.243. The quantitative estimate of drug-likeness (QED) is 0.666. The van der Waals surface area contributed by atoms with Crippen LogP contribution in [0, 0.1) is 0 Å². The topological polar surface area (TPSA) is 109 Å². The summed E-state index contributed by atoms with van der Waals surface area (Å²) in [6.07, 6.45) is 3.63. The third-order valence-corrected chi connectivity index (χ3v) is 4.14. The number of ether oxygens (including phenoxy) is 4. The van der Waals surface area contributed by atoms with Crippen LogP contribution in [-0.4, -0.2) is 36.9 Å². The molecule has 3 N–H and O–H groups in total. The first-order valence-corrected chi connectivity index (χ1v) is 9.32. The van der Waals surface area contributed by atoms with E-state index >= 15 is 0 Å². The van der Waals surface area contributed by atoms with Gasteiger partial charge in [-0.15, -0.1) is 0 Å². The van der Waals surface area contributed by atoms with E-state index in [-0.39, 0.29) is 5.69 Å². The maximum absolute atomic E-state index is 11.3. The van der Waals surface area contributed by atoms with Gasteiger partial charge in [-0.1, -0.05) is 18.2 Å². The van der Waals surface area contributed by atoms with E-state index in [4.69, 9.17) is 24.1 Å². The third kappa shape index (κ3) is 5.28. The van der Waals surface area contributed by atoms with Crippen LogP contribution in [0.5, 0.6) is 23.0 Å². The van der Waals surface area contributed by atoms with E-state index < -0.39 is 10.2 Å². The van der Waals surface area contributed by atoms with Gasteiger partial charge in [0, 0.05) is 0 Å². The van der Waals surface area contributed by atoms with Crippen LogP contribution in [0.4, 0.5) is 5.69 Å². The van der Waals surface area contributed by atoms with Gasteiger partial charge in [0.05, 0.1) is 34.1 Å². The molecule has 0 aliphatic rings. The van der Waals surface area contributed by atoms with Crippen LogP contribution in [0.25, 0.3) is 12.2 Å². The summed E-state index contributed by atoms with van der Waals surface area (Å²) in [6, 6.07) is 8.62. The summed E-state index contributed by atoms with van der Waals surface area (Å²) in [5.41, 5.74) is 1.78. The van der Waals surface area contributed by atoms with E-state index in [0.29, 0.717) is 23.0 Å². The highest BCUT2D eigenvalue weighted by Crippen LogP contribution is 2.38. The fourth-order valence-corrected chi connectivity index (χ4v) is 2.92. The fourth-order valence-electron chi connectivity index (χ4n) is 2.45. The largest absolute Gasteiger partial charge is 0.495 e. The monoisotopic (exact) mass is 394 g/mol. The van der Waals surface area contributed by atoms with Crippen molar-refractivity contribution in [1.82, 2.24) is 0 Å². The SMILES string of the molecule is COc1ccc(/C=C/c2cc(OC)c(OC)c(OC)c2)cc1NS(N)(=O)=O. The molecule has 0 aliphatic carbocycles. The van der Waals surface area contributed by atoms with Crippen LogP contribution < -0.4 is 28.8 Å². The van der Waals surface area contributed by atoms with Crippen molar-refractivity contribution in [3.63, 3.8) is 0 Å². The number of benzene rings is 2. The Hall–Kier alpha value is -2.91. The Bertz CT molecular complexity index is 916. The number of hydrogen-bond acceptors (Lipinski definition) is 6. The highest BCUT2D eigenvalue weighted by atomic mass is 32.2. The minimum Gasteiger partial charge on any atom is -0.495 e. The molecule has 0 saturated heterocycles. The van der Waals surface area contributed by atoms with Crippen molar-refractivity contribution in [2.75, 3.05) is 33.2 Å². The van der Waals surface area contributed by atoms with Gasteiger partial charge in [0.2, 0.25) is 5.75 Å². The molecule has 2 aromatic rings. The fraction of sp³-hybridized carbons (Fsp3) is 0.222. The Labute approximate surface area is 158 Å². The van der Waals surface area contributed by atoms with Crippen LogP contribution in [-0.2, 0) is 10.2 Å². The summed E-state index contributed by atoms with van der Waals surface area (Å²) in [7, 11) is 2.14. The highest BCUT2D eigenvalue weighted by molar-refractivity contribution is 7.90. The van der Waals surface area contributed by atoms with Gasteiger partial charge in [-0.25, -0.2) is 5.14 Å². The molecule has 2 aromatic carbocycles. The second-order valence-corrected chi connectivity index (χ2v) is 6.69. The van der Waals surface area contributed by atoms with Crippen molar-refractivity contribution in [3.8, 4) is 23.0 Å². The summed E-state index contributed by atoms with van der Waals surface area (Å²) in [5.74, 6) is 1.92. The molecular formula is C18H22N2O6S. The van der Waals surface area contributed by atoms with Gasteiger partial charge >= 0.3 is 0 Å². The van der Waals surface area contributed by atoms with Crippen LogP contribution in [0.2, 0.25) is 0 Å². The first kappa shape index (κ1) is 20.4. The van der Waals surface area contributed by atoms with E-state index in [9.17, 15) is 8.42 Å². The Kier molecular flexibility index (Phi) is 6.54. The zero-order valence-electron chi connectivity index (χ0n) is 15.5. The number of rotatable bonds is 8. The van der Waals surface area contributed by atoms with Crippen LogP contribution in [0.3, 0.4) is 0 Å². The Morgan fingerprint density at radius 2 is 1.37 bits per heavy atom. The lowest BCUT2D eigenvalue weighted by Gasteiger charge is -2.13. The van der Waals surface area contributed by atoms with E-state index in [2.05, 4.69) is 4.72 Å². The number of nitrogens with two attached hydrogens (primary N) is 1. The maximum atomic E-state index is 11.3. The van der Waals surface area contributed by atoms with E-state index in [1.165, 1.54) is 14.2 Å². The highest BCUT2D eigenvalue weighted by Gasteiger charge is 2.12. The molecule has 0 bridgehead atoms. The summed E-state index contributed by atoms with van der Waals surface area (Å²) < 4.78 is 46.0. The van der Waals surface area contributed by atoms with Gasteiger partial charge in [-0.2, -0.15) is 8.42 Å². The number of anilines is 1. The lowest BCUT2D eigenvalue weighted by molar-refractivity contribution is 0.324. The molecule has 2 rings (SSSR count). The van der Waals surface area contributed by atoms with Crippen molar-refractivity contribution < 1.29 is 27.4 Å². The lowest BCUT2D eigenvalue weighted by atomic mass is 10.1. The molecular weight excluding hydrogens is 372 g/mol. The lowest BCUT2D eigenvalue weighted by Crippen LogP contribution is -2.22. The Balaban J connectivity index is 2.39. The normalized spacial score (nSPS) is 11.3. The van der Waals surface area contributed by atoms with Gasteiger partial charge in [-0.05, 0) is 35.4 Å². The Morgan fingerprint density at radius 1 is 0.815 bits per heavy atom. The van der Waals surface area contributed by atoms with Crippen LogP contribution in [0.15, 0.2) is 30.3 Å². The second-order valence-electron chi connectivity index (χ2n) is 5.40. The van der Waals surface area contributed by atoms with Gasteiger partial charge in [0.1, 0.15) is 5.75 Å². The maximum Gasteiger partial charge on any atom is 0.296 e. The van der Waals surface area contributed by atoms with Gasteiger partial charge in [0.25, 0.3) is 10.2 Å². The predicted octanol–water partition coefficient (Wildman–Crippen LogP) is 2.51. The molecule has 0 heterocycles. The number of nitrogens with one attached hydrogen (secondary N) is 1. The zero-order chi connectivity index (χ0) is 20.0. The molecule has 0 aromatic heterocycles. The van der Waals surface area contributed by atoms with Crippen molar-refractivity contribution >= 4 is 28.0 Å². The number of methoxy groups -OCH3 is 4. The van der Waals surface area contributed by atoms with Crippen LogP contribution >= 0.6 is 0 Å². The molecule has 0 fully saturated rings. The average Bonchev–Trinajstić information content (AvgIpc) is 2.64. The van der Waals surface area contributed by atoms with Crippen molar-refractivity contribution in [1.29, 1.82) is 0 Å². The van der Waals surface area contributed by atoms with Crippen molar-refractivity contribution in [2.45, 2.75) is 0 Å². The van der Waals surface area contributed by atoms with Gasteiger partial charge in [0.15, 0.2) is 11.5 Å². The minimum atomic E-state index is -3.92. The van der Waals surface area contributed by atoms with Crippen LogP contribution in [0.1, 0.15) is 11.1 Å².